The molecule has 1 aliphatic rings. The van der Waals surface area contributed by atoms with Crippen LogP contribution in [0.15, 0.2) is 18.2 Å². The van der Waals surface area contributed by atoms with Crippen LogP contribution in [0, 0.1) is 0 Å². The predicted octanol–water partition coefficient (Wildman–Crippen LogP) is 2.20. The van der Waals surface area contributed by atoms with Crippen molar-refractivity contribution in [3.63, 3.8) is 0 Å². The molecular weight excluding hydrogens is 296 g/mol. The van der Waals surface area contributed by atoms with E-state index in [-0.39, 0.29) is 5.91 Å². The molecule has 2 heterocycles. The van der Waals surface area contributed by atoms with E-state index in [0.717, 1.165) is 35.5 Å². The van der Waals surface area contributed by atoms with Crippen molar-refractivity contribution in [3.05, 3.63) is 23.2 Å². The van der Waals surface area contributed by atoms with Crippen LogP contribution in [0.5, 0.6) is 0 Å². The SMILES string of the molecule is O=C(CN1CCSCC1)Nc1n[nH]c2cc(Cl)ccc12. The summed E-state index contributed by atoms with van der Waals surface area (Å²) in [6.45, 7) is 2.35. The fraction of sp³-hybridized carbons (Fsp3) is 0.385. The number of benzene rings is 1. The summed E-state index contributed by atoms with van der Waals surface area (Å²) < 4.78 is 0. The predicted molar refractivity (Wildman–Crippen MR) is 83.5 cm³/mol. The highest BCUT2D eigenvalue weighted by Crippen LogP contribution is 2.23. The van der Waals surface area contributed by atoms with Crippen molar-refractivity contribution in [3.8, 4) is 0 Å². The van der Waals surface area contributed by atoms with E-state index < -0.39 is 0 Å². The number of amides is 1. The number of hydrogen-bond acceptors (Lipinski definition) is 4. The molecule has 2 N–H and O–H groups in total. The molecule has 1 saturated heterocycles. The second kappa shape index (κ2) is 6.03. The van der Waals surface area contributed by atoms with Crippen LogP contribution in [0.2, 0.25) is 5.02 Å². The van der Waals surface area contributed by atoms with E-state index >= 15 is 0 Å². The van der Waals surface area contributed by atoms with E-state index in [9.17, 15) is 4.79 Å². The lowest BCUT2D eigenvalue weighted by molar-refractivity contribution is -0.117. The van der Waals surface area contributed by atoms with Crippen LogP contribution in [0.25, 0.3) is 10.9 Å². The Morgan fingerprint density at radius 2 is 2.25 bits per heavy atom. The molecule has 20 heavy (non-hydrogen) atoms. The molecule has 0 bridgehead atoms. The first-order chi connectivity index (χ1) is 9.72. The van der Waals surface area contributed by atoms with Gasteiger partial charge in [-0.1, -0.05) is 11.6 Å². The van der Waals surface area contributed by atoms with Gasteiger partial charge in [-0.05, 0) is 18.2 Å². The number of H-pyrrole nitrogens is 1. The van der Waals surface area contributed by atoms with E-state index in [1.165, 1.54) is 0 Å². The van der Waals surface area contributed by atoms with Crippen molar-refractivity contribution in [1.29, 1.82) is 0 Å². The van der Waals surface area contributed by atoms with Crippen LogP contribution >= 0.6 is 23.4 Å². The number of thioether (sulfide) groups is 1. The minimum atomic E-state index is -0.0275. The number of aromatic amines is 1. The summed E-state index contributed by atoms with van der Waals surface area (Å²) in [4.78, 5) is 14.2. The maximum Gasteiger partial charge on any atom is 0.239 e. The molecule has 1 fully saturated rings. The number of fused-ring (bicyclic) bond motifs is 1. The molecule has 2 aromatic rings. The van der Waals surface area contributed by atoms with Crippen molar-refractivity contribution >= 4 is 46.0 Å². The largest absolute Gasteiger partial charge is 0.308 e. The lowest BCUT2D eigenvalue weighted by Crippen LogP contribution is -2.38. The van der Waals surface area contributed by atoms with Crippen LogP contribution in [-0.4, -0.2) is 52.1 Å². The first kappa shape index (κ1) is 13.7. The van der Waals surface area contributed by atoms with E-state index in [0.29, 0.717) is 17.4 Å². The number of carbonyl (C=O) groups excluding carboxylic acids is 1. The highest BCUT2D eigenvalue weighted by atomic mass is 35.5. The van der Waals surface area contributed by atoms with E-state index in [1.807, 2.05) is 17.8 Å². The normalized spacial score (nSPS) is 16.4. The first-order valence-electron chi connectivity index (χ1n) is 6.46. The molecular formula is C13H15ClN4OS. The Morgan fingerprint density at radius 1 is 1.45 bits per heavy atom. The fourth-order valence-electron chi connectivity index (χ4n) is 2.22. The molecule has 0 radical (unpaired) electrons. The van der Waals surface area contributed by atoms with Crippen LogP contribution < -0.4 is 5.32 Å². The van der Waals surface area contributed by atoms with Gasteiger partial charge in [0.1, 0.15) is 0 Å². The maximum absolute atomic E-state index is 12.0. The quantitative estimate of drug-likeness (QED) is 0.912. The molecule has 1 aromatic carbocycles. The van der Waals surface area contributed by atoms with Crippen molar-refractivity contribution in [2.45, 2.75) is 0 Å². The zero-order valence-corrected chi connectivity index (χ0v) is 12.4. The third-order valence-corrected chi connectivity index (χ3v) is 4.43. The number of rotatable bonds is 3. The topological polar surface area (TPSA) is 61.0 Å². The first-order valence-corrected chi connectivity index (χ1v) is 7.99. The van der Waals surface area contributed by atoms with Crippen LogP contribution in [-0.2, 0) is 4.79 Å². The fourth-order valence-corrected chi connectivity index (χ4v) is 3.37. The smallest absolute Gasteiger partial charge is 0.239 e. The summed E-state index contributed by atoms with van der Waals surface area (Å²) in [5.74, 6) is 2.72. The Bertz CT molecular complexity index is 624. The number of anilines is 1. The van der Waals surface area contributed by atoms with Crippen molar-refractivity contribution in [1.82, 2.24) is 15.1 Å². The highest BCUT2D eigenvalue weighted by molar-refractivity contribution is 7.99. The molecule has 106 valence electrons. The molecule has 0 atom stereocenters. The van der Waals surface area contributed by atoms with Gasteiger partial charge in [-0.25, -0.2) is 0 Å². The van der Waals surface area contributed by atoms with Crippen LogP contribution in [0.1, 0.15) is 0 Å². The van der Waals surface area contributed by atoms with Crippen molar-refractivity contribution < 1.29 is 4.79 Å². The lowest BCUT2D eigenvalue weighted by atomic mass is 10.2. The van der Waals surface area contributed by atoms with E-state index in [4.69, 9.17) is 11.6 Å². The molecule has 5 nitrogen and oxygen atoms in total. The number of aromatic nitrogens is 2. The zero-order valence-electron chi connectivity index (χ0n) is 10.9. The van der Waals surface area contributed by atoms with Gasteiger partial charge in [-0.2, -0.15) is 16.9 Å². The monoisotopic (exact) mass is 310 g/mol. The Balaban J connectivity index is 1.67. The summed E-state index contributed by atoms with van der Waals surface area (Å²) in [5.41, 5.74) is 0.821. The van der Waals surface area contributed by atoms with Gasteiger partial charge in [0, 0.05) is 35.0 Å². The van der Waals surface area contributed by atoms with Gasteiger partial charge in [0.15, 0.2) is 5.82 Å². The molecule has 1 aliphatic heterocycles. The molecule has 3 rings (SSSR count). The summed E-state index contributed by atoms with van der Waals surface area (Å²) in [6, 6.07) is 5.44. The summed E-state index contributed by atoms with van der Waals surface area (Å²) >= 11 is 7.85. The zero-order chi connectivity index (χ0) is 13.9. The second-order valence-corrected chi connectivity index (χ2v) is 6.36. The second-order valence-electron chi connectivity index (χ2n) is 4.70. The number of halogens is 1. The average molecular weight is 311 g/mol. The minimum absolute atomic E-state index is 0.0275. The molecule has 0 aliphatic carbocycles. The summed E-state index contributed by atoms with van der Waals surface area (Å²) in [7, 11) is 0. The standard InChI is InChI=1S/C13H15ClN4OS/c14-9-1-2-10-11(7-9)16-17-13(10)15-12(19)8-18-3-5-20-6-4-18/h1-2,7H,3-6,8H2,(H2,15,16,17,19). The van der Waals surface area contributed by atoms with Gasteiger partial charge in [-0.15, -0.1) is 0 Å². The molecule has 1 amide bonds. The van der Waals surface area contributed by atoms with Crippen LogP contribution in [0.3, 0.4) is 0 Å². The molecule has 0 spiro atoms. The van der Waals surface area contributed by atoms with Gasteiger partial charge in [-0.3, -0.25) is 14.8 Å². The van der Waals surface area contributed by atoms with Crippen molar-refractivity contribution in [2.75, 3.05) is 36.5 Å². The minimum Gasteiger partial charge on any atom is -0.308 e. The van der Waals surface area contributed by atoms with Gasteiger partial charge in [0.25, 0.3) is 0 Å². The van der Waals surface area contributed by atoms with Crippen LogP contribution in [0.4, 0.5) is 5.82 Å². The Kier molecular flexibility index (Phi) is 4.14. The third kappa shape index (κ3) is 3.08. The Hall–Kier alpha value is -1.24. The van der Waals surface area contributed by atoms with Gasteiger partial charge >= 0.3 is 0 Å². The average Bonchev–Trinajstić information content (AvgIpc) is 2.82. The molecule has 7 heteroatoms. The third-order valence-electron chi connectivity index (χ3n) is 3.25. The molecule has 0 saturated carbocycles. The Morgan fingerprint density at radius 3 is 3.05 bits per heavy atom. The number of nitrogens with one attached hydrogen (secondary N) is 2. The number of hydrogen-bond donors (Lipinski definition) is 2. The molecule has 1 aromatic heterocycles. The van der Waals surface area contributed by atoms with Crippen molar-refractivity contribution in [2.24, 2.45) is 0 Å². The summed E-state index contributed by atoms with van der Waals surface area (Å²) in [6.07, 6.45) is 0. The summed E-state index contributed by atoms with van der Waals surface area (Å²) in [5, 5.41) is 11.4. The van der Waals surface area contributed by atoms with Gasteiger partial charge < -0.3 is 5.32 Å². The highest BCUT2D eigenvalue weighted by Gasteiger charge is 2.15. The number of carbonyl (C=O) groups is 1. The molecule has 0 unspecified atom stereocenters. The van der Waals surface area contributed by atoms with E-state index in [1.54, 1.807) is 12.1 Å². The number of nitrogens with zero attached hydrogens (tertiary/aromatic N) is 2. The Labute approximate surface area is 126 Å². The maximum atomic E-state index is 12.0. The van der Waals surface area contributed by atoms with Gasteiger partial charge in [0.2, 0.25) is 5.91 Å². The lowest BCUT2D eigenvalue weighted by Gasteiger charge is -2.25. The van der Waals surface area contributed by atoms with E-state index in [2.05, 4.69) is 20.4 Å². The van der Waals surface area contributed by atoms with Gasteiger partial charge in [0.05, 0.1) is 12.1 Å².